The van der Waals surface area contributed by atoms with E-state index in [-0.39, 0.29) is 5.91 Å². The zero-order valence-corrected chi connectivity index (χ0v) is 19.2. The Balaban J connectivity index is 1.58. The largest absolute Gasteiger partial charge is 0.493 e. The molecule has 2 aromatic heterocycles. The number of carbonyl (C=O) groups is 1. The number of ether oxygens (including phenoxy) is 3. The van der Waals surface area contributed by atoms with Gasteiger partial charge in [0, 0.05) is 44.0 Å². The fraction of sp³-hybridized carbons (Fsp3) is 0.478. The zero-order valence-electron chi connectivity index (χ0n) is 19.2. The molecule has 4 rings (SSSR count). The van der Waals surface area contributed by atoms with Crippen molar-refractivity contribution in [3.8, 4) is 17.2 Å². The Kier molecular flexibility index (Phi) is 5.77. The molecule has 0 atom stereocenters. The number of hydrogen-bond donors (Lipinski definition) is 1. The van der Waals surface area contributed by atoms with E-state index in [1.54, 1.807) is 32.4 Å². The Morgan fingerprint density at radius 1 is 1.12 bits per heavy atom. The summed E-state index contributed by atoms with van der Waals surface area (Å²) in [6, 6.07) is 3.67. The number of piperidine rings is 1. The molecule has 172 valence electrons. The highest BCUT2D eigenvalue weighted by Gasteiger charge is 2.35. The number of nitrogens with zero attached hydrogens (tertiary/aromatic N) is 4. The molecule has 0 aliphatic carbocycles. The number of rotatable bonds is 6. The van der Waals surface area contributed by atoms with Gasteiger partial charge in [0.15, 0.2) is 11.5 Å². The highest BCUT2D eigenvalue weighted by Crippen LogP contribution is 2.44. The minimum atomic E-state index is -0.856. The molecule has 1 aromatic carbocycles. The molecule has 32 heavy (non-hydrogen) atoms. The molecule has 1 fully saturated rings. The van der Waals surface area contributed by atoms with Crippen LogP contribution in [-0.4, -0.2) is 70.1 Å². The number of aryl methyl sites for hydroxylation is 2. The van der Waals surface area contributed by atoms with E-state index < -0.39 is 5.60 Å². The van der Waals surface area contributed by atoms with Crippen molar-refractivity contribution in [2.75, 3.05) is 34.4 Å². The number of benzene rings is 1. The van der Waals surface area contributed by atoms with Crippen molar-refractivity contribution in [1.29, 1.82) is 0 Å². The summed E-state index contributed by atoms with van der Waals surface area (Å²) in [5.74, 6) is 2.34. The van der Waals surface area contributed by atoms with Gasteiger partial charge in [0.1, 0.15) is 11.5 Å². The second-order valence-electron chi connectivity index (χ2n) is 8.29. The third-order valence-corrected chi connectivity index (χ3v) is 6.44. The Hall–Kier alpha value is -3.20. The summed E-state index contributed by atoms with van der Waals surface area (Å²) < 4.78 is 20.3. The number of amides is 1. The number of likely N-dealkylation sites (tertiary alicyclic amines) is 1. The maximum Gasteiger partial charge on any atom is 0.270 e. The summed E-state index contributed by atoms with van der Waals surface area (Å²) >= 11 is 0. The number of imidazole rings is 1. The van der Waals surface area contributed by atoms with Crippen molar-refractivity contribution in [3.05, 3.63) is 36.0 Å². The highest BCUT2D eigenvalue weighted by molar-refractivity contribution is 6.02. The van der Waals surface area contributed by atoms with E-state index in [9.17, 15) is 9.90 Å². The summed E-state index contributed by atoms with van der Waals surface area (Å²) in [7, 11) is 6.54. The fourth-order valence-electron chi connectivity index (χ4n) is 4.49. The van der Waals surface area contributed by atoms with Crippen molar-refractivity contribution in [1.82, 2.24) is 19.0 Å². The van der Waals surface area contributed by atoms with E-state index in [1.807, 2.05) is 41.4 Å². The normalized spacial score (nSPS) is 15.8. The molecule has 1 aliphatic rings. The van der Waals surface area contributed by atoms with Crippen molar-refractivity contribution in [2.24, 2.45) is 7.05 Å². The van der Waals surface area contributed by atoms with Crippen LogP contribution in [-0.2, 0) is 13.6 Å². The standard InChI is InChI=1S/C23H30N4O5/c1-15-24-8-11-27(15)14-23(29)6-9-26(10-7-23)22(28)18-12-16-17(25(18)2)13-19(30-3)21(32-5)20(16)31-4/h8,11-13,29H,6-7,9-10,14H2,1-5H3. The number of aliphatic hydroxyl groups is 1. The average molecular weight is 443 g/mol. The van der Waals surface area contributed by atoms with Gasteiger partial charge in [-0.1, -0.05) is 0 Å². The van der Waals surface area contributed by atoms with Crippen LogP contribution in [0, 0.1) is 6.92 Å². The molecule has 3 aromatic rings. The first kappa shape index (κ1) is 22.0. The van der Waals surface area contributed by atoms with Crippen molar-refractivity contribution < 1.29 is 24.1 Å². The second-order valence-corrected chi connectivity index (χ2v) is 8.29. The van der Waals surface area contributed by atoms with Crippen LogP contribution in [0.25, 0.3) is 10.9 Å². The zero-order chi connectivity index (χ0) is 23.0. The number of carbonyl (C=O) groups excluding carboxylic acids is 1. The predicted molar refractivity (Wildman–Crippen MR) is 120 cm³/mol. The number of aromatic nitrogens is 3. The van der Waals surface area contributed by atoms with Crippen LogP contribution in [0.15, 0.2) is 24.5 Å². The molecule has 9 nitrogen and oxygen atoms in total. The molecule has 9 heteroatoms. The lowest BCUT2D eigenvalue weighted by molar-refractivity contribution is -0.0297. The average Bonchev–Trinajstić information content (AvgIpc) is 3.34. The van der Waals surface area contributed by atoms with E-state index >= 15 is 0 Å². The van der Waals surface area contributed by atoms with E-state index in [0.717, 1.165) is 16.7 Å². The molecule has 0 bridgehead atoms. The number of hydrogen-bond acceptors (Lipinski definition) is 6. The molecule has 0 saturated carbocycles. The van der Waals surface area contributed by atoms with E-state index in [0.29, 0.717) is 55.4 Å². The SMILES string of the molecule is COc1cc2c(cc(C(=O)N3CCC(O)(Cn4ccnc4C)CC3)n2C)c(OC)c1OC. The third kappa shape index (κ3) is 3.66. The smallest absolute Gasteiger partial charge is 0.270 e. The minimum Gasteiger partial charge on any atom is -0.493 e. The van der Waals surface area contributed by atoms with Gasteiger partial charge in [-0.3, -0.25) is 4.79 Å². The van der Waals surface area contributed by atoms with Gasteiger partial charge in [-0.15, -0.1) is 0 Å². The maximum absolute atomic E-state index is 13.4. The molecule has 1 N–H and O–H groups in total. The molecular formula is C23H30N4O5. The fourth-order valence-corrected chi connectivity index (χ4v) is 4.49. The van der Waals surface area contributed by atoms with Gasteiger partial charge >= 0.3 is 0 Å². The van der Waals surface area contributed by atoms with E-state index in [1.165, 1.54) is 0 Å². The second kappa shape index (κ2) is 8.38. The van der Waals surface area contributed by atoms with Crippen molar-refractivity contribution >= 4 is 16.8 Å². The van der Waals surface area contributed by atoms with Crippen molar-refractivity contribution in [3.63, 3.8) is 0 Å². The van der Waals surface area contributed by atoms with Gasteiger partial charge in [0.2, 0.25) is 5.75 Å². The van der Waals surface area contributed by atoms with Crippen LogP contribution in [0.3, 0.4) is 0 Å². The Morgan fingerprint density at radius 3 is 2.38 bits per heavy atom. The lowest BCUT2D eigenvalue weighted by atomic mass is 9.91. The van der Waals surface area contributed by atoms with Gasteiger partial charge in [0.25, 0.3) is 5.91 Å². The van der Waals surface area contributed by atoms with Crippen LogP contribution in [0.2, 0.25) is 0 Å². The lowest BCUT2D eigenvalue weighted by Crippen LogP contribution is -2.49. The summed E-state index contributed by atoms with van der Waals surface area (Å²) in [5.41, 5.74) is 0.502. The Bertz CT molecular complexity index is 1140. The topological polar surface area (TPSA) is 91.0 Å². The van der Waals surface area contributed by atoms with Crippen LogP contribution < -0.4 is 14.2 Å². The van der Waals surface area contributed by atoms with Gasteiger partial charge in [-0.05, 0) is 25.8 Å². The lowest BCUT2D eigenvalue weighted by Gasteiger charge is -2.38. The van der Waals surface area contributed by atoms with Crippen molar-refractivity contribution in [2.45, 2.75) is 31.9 Å². The molecule has 1 aliphatic heterocycles. The van der Waals surface area contributed by atoms with E-state index in [4.69, 9.17) is 14.2 Å². The molecule has 1 saturated heterocycles. The Labute approximate surface area is 187 Å². The predicted octanol–water partition coefficient (Wildman–Crippen LogP) is 2.38. The van der Waals surface area contributed by atoms with Gasteiger partial charge in [-0.25, -0.2) is 4.98 Å². The summed E-state index contributed by atoms with van der Waals surface area (Å²) in [5, 5.41) is 11.8. The summed E-state index contributed by atoms with van der Waals surface area (Å²) in [6.45, 7) is 3.36. The first-order valence-corrected chi connectivity index (χ1v) is 10.6. The van der Waals surface area contributed by atoms with E-state index in [2.05, 4.69) is 4.98 Å². The first-order valence-electron chi connectivity index (χ1n) is 10.6. The molecule has 0 radical (unpaired) electrons. The highest BCUT2D eigenvalue weighted by atomic mass is 16.5. The van der Waals surface area contributed by atoms with Gasteiger partial charge < -0.3 is 33.4 Å². The van der Waals surface area contributed by atoms with Crippen LogP contribution in [0.5, 0.6) is 17.2 Å². The van der Waals surface area contributed by atoms with Crippen LogP contribution >= 0.6 is 0 Å². The molecule has 0 spiro atoms. The quantitative estimate of drug-likeness (QED) is 0.630. The molecule has 3 heterocycles. The molecule has 1 amide bonds. The van der Waals surface area contributed by atoms with Crippen LogP contribution in [0.1, 0.15) is 29.2 Å². The minimum absolute atomic E-state index is 0.0791. The summed E-state index contributed by atoms with van der Waals surface area (Å²) in [4.78, 5) is 19.4. The number of fused-ring (bicyclic) bond motifs is 1. The van der Waals surface area contributed by atoms with Gasteiger partial charge in [0.05, 0.1) is 39.0 Å². The monoisotopic (exact) mass is 442 g/mol. The Morgan fingerprint density at radius 2 is 1.81 bits per heavy atom. The molecular weight excluding hydrogens is 412 g/mol. The van der Waals surface area contributed by atoms with Gasteiger partial charge in [-0.2, -0.15) is 0 Å². The third-order valence-electron chi connectivity index (χ3n) is 6.44. The van der Waals surface area contributed by atoms with Crippen LogP contribution in [0.4, 0.5) is 0 Å². The number of methoxy groups -OCH3 is 3. The summed E-state index contributed by atoms with van der Waals surface area (Å²) in [6.07, 6.45) is 4.61. The maximum atomic E-state index is 13.4. The first-order chi connectivity index (χ1) is 15.3. The molecule has 0 unspecified atom stereocenters.